The Morgan fingerprint density at radius 3 is 2.56 bits per heavy atom. The third-order valence-corrected chi connectivity index (χ3v) is 2.36. The van der Waals surface area contributed by atoms with Gasteiger partial charge < -0.3 is 0 Å². The second-order valence-corrected chi connectivity index (χ2v) is 3.75. The fourth-order valence-electron chi connectivity index (χ4n) is 1.27. The van der Waals surface area contributed by atoms with Gasteiger partial charge in [-0.25, -0.2) is 4.79 Å². The van der Waals surface area contributed by atoms with E-state index in [4.69, 9.17) is 16.4 Å². The van der Waals surface area contributed by atoms with E-state index < -0.39 is 18.0 Å². The molecule has 1 aliphatic heterocycles. The van der Waals surface area contributed by atoms with E-state index in [1.807, 2.05) is 0 Å². The van der Waals surface area contributed by atoms with Gasteiger partial charge in [0.05, 0.1) is 5.69 Å². The van der Waals surface area contributed by atoms with Crippen LogP contribution in [0.5, 0.6) is 0 Å². The van der Waals surface area contributed by atoms with Crippen molar-refractivity contribution in [3.63, 3.8) is 0 Å². The van der Waals surface area contributed by atoms with Crippen LogP contribution in [0.2, 0.25) is 5.02 Å². The summed E-state index contributed by atoms with van der Waals surface area (Å²) in [4.78, 5) is 27.8. The van der Waals surface area contributed by atoms with Crippen molar-refractivity contribution in [2.45, 2.75) is 13.0 Å². The number of hydroxylamine groups is 1. The SMILES string of the molecule is C[C@H]1ON(c2ccc(Cl)cc2)C(=O)NC1=O. The molecule has 3 amide bonds. The van der Waals surface area contributed by atoms with E-state index in [9.17, 15) is 9.59 Å². The molecule has 84 valence electrons. The minimum Gasteiger partial charge on any atom is -0.273 e. The van der Waals surface area contributed by atoms with Gasteiger partial charge in [-0.15, -0.1) is 0 Å². The molecule has 1 aromatic carbocycles. The van der Waals surface area contributed by atoms with Gasteiger partial charge in [-0.05, 0) is 31.2 Å². The van der Waals surface area contributed by atoms with E-state index in [1.165, 1.54) is 0 Å². The highest BCUT2D eigenvalue weighted by Gasteiger charge is 2.31. The van der Waals surface area contributed by atoms with Gasteiger partial charge in [0, 0.05) is 5.02 Å². The van der Waals surface area contributed by atoms with E-state index in [0.29, 0.717) is 10.7 Å². The third-order valence-electron chi connectivity index (χ3n) is 2.11. The van der Waals surface area contributed by atoms with Gasteiger partial charge in [0.25, 0.3) is 5.91 Å². The van der Waals surface area contributed by atoms with Crippen molar-refractivity contribution in [1.29, 1.82) is 0 Å². The summed E-state index contributed by atoms with van der Waals surface area (Å²) >= 11 is 5.72. The first-order valence-electron chi connectivity index (χ1n) is 4.65. The third kappa shape index (κ3) is 2.00. The highest BCUT2D eigenvalue weighted by Crippen LogP contribution is 2.20. The second-order valence-electron chi connectivity index (χ2n) is 3.31. The van der Waals surface area contributed by atoms with Crippen LogP contribution in [-0.4, -0.2) is 18.0 Å². The Hall–Kier alpha value is -1.59. The predicted octanol–water partition coefficient (Wildman–Crippen LogP) is 1.72. The summed E-state index contributed by atoms with van der Waals surface area (Å²) < 4.78 is 0. The van der Waals surface area contributed by atoms with Gasteiger partial charge >= 0.3 is 6.03 Å². The summed E-state index contributed by atoms with van der Waals surface area (Å²) in [5, 5.41) is 3.77. The number of anilines is 1. The lowest BCUT2D eigenvalue weighted by atomic mass is 10.3. The molecule has 1 N–H and O–H groups in total. The number of benzene rings is 1. The van der Waals surface area contributed by atoms with Crippen LogP contribution in [0.1, 0.15) is 6.92 Å². The molecule has 2 rings (SSSR count). The van der Waals surface area contributed by atoms with Gasteiger partial charge in [-0.2, -0.15) is 5.06 Å². The number of halogens is 1. The quantitative estimate of drug-likeness (QED) is 0.813. The molecule has 5 nitrogen and oxygen atoms in total. The van der Waals surface area contributed by atoms with Crippen molar-refractivity contribution in [3.05, 3.63) is 29.3 Å². The number of hydrogen-bond acceptors (Lipinski definition) is 3. The Balaban J connectivity index is 2.24. The minimum absolute atomic E-state index is 0.449. The van der Waals surface area contributed by atoms with Crippen molar-refractivity contribution in [2.24, 2.45) is 0 Å². The number of carbonyl (C=O) groups is 2. The predicted molar refractivity (Wildman–Crippen MR) is 58.0 cm³/mol. The van der Waals surface area contributed by atoms with Crippen LogP contribution in [0.25, 0.3) is 0 Å². The number of urea groups is 1. The summed E-state index contributed by atoms with van der Waals surface area (Å²) in [6.45, 7) is 1.56. The molecule has 1 aliphatic rings. The molecular formula is C10H9ClN2O3. The van der Waals surface area contributed by atoms with E-state index in [1.54, 1.807) is 31.2 Å². The number of hydrogen-bond donors (Lipinski definition) is 1. The molecule has 0 bridgehead atoms. The van der Waals surface area contributed by atoms with Crippen molar-refractivity contribution in [1.82, 2.24) is 5.32 Å². The van der Waals surface area contributed by atoms with Gasteiger partial charge in [-0.3, -0.25) is 14.9 Å². The number of carbonyl (C=O) groups excluding carboxylic acids is 2. The van der Waals surface area contributed by atoms with Crippen molar-refractivity contribution < 1.29 is 14.4 Å². The lowest BCUT2D eigenvalue weighted by molar-refractivity contribution is -0.133. The summed E-state index contributed by atoms with van der Waals surface area (Å²) in [6.07, 6.45) is -0.701. The molecule has 0 aromatic heterocycles. The zero-order chi connectivity index (χ0) is 11.7. The topological polar surface area (TPSA) is 58.6 Å². The normalized spacial score (nSPS) is 20.9. The second kappa shape index (κ2) is 4.11. The Morgan fingerprint density at radius 2 is 1.94 bits per heavy atom. The van der Waals surface area contributed by atoms with Gasteiger partial charge in [0.15, 0.2) is 6.10 Å². The average molecular weight is 241 g/mol. The highest BCUT2D eigenvalue weighted by atomic mass is 35.5. The molecule has 0 spiro atoms. The maximum Gasteiger partial charge on any atom is 0.352 e. The van der Waals surface area contributed by atoms with Crippen LogP contribution in [0.15, 0.2) is 24.3 Å². The minimum atomic E-state index is -0.701. The zero-order valence-corrected chi connectivity index (χ0v) is 9.19. The van der Waals surface area contributed by atoms with Crippen LogP contribution < -0.4 is 10.4 Å². The summed E-state index contributed by atoms with van der Waals surface area (Å²) in [5.74, 6) is -0.449. The van der Waals surface area contributed by atoms with Crippen LogP contribution in [0.4, 0.5) is 10.5 Å². The molecule has 0 unspecified atom stereocenters. The number of imide groups is 1. The molecule has 16 heavy (non-hydrogen) atoms. The Kier molecular flexibility index (Phi) is 2.80. The average Bonchev–Trinajstić information content (AvgIpc) is 2.25. The first kappa shape index (κ1) is 10.9. The Morgan fingerprint density at radius 1 is 1.31 bits per heavy atom. The molecule has 1 heterocycles. The molecule has 0 aliphatic carbocycles. The lowest BCUT2D eigenvalue weighted by Crippen LogP contribution is -2.54. The van der Waals surface area contributed by atoms with Crippen LogP contribution in [0.3, 0.4) is 0 Å². The number of nitrogens with zero attached hydrogens (tertiary/aromatic N) is 1. The van der Waals surface area contributed by atoms with Crippen LogP contribution >= 0.6 is 11.6 Å². The number of amides is 3. The first-order chi connectivity index (χ1) is 7.58. The van der Waals surface area contributed by atoms with E-state index in [-0.39, 0.29) is 0 Å². The van der Waals surface area contributed by atoms with Gasteiger partial charge in [-0.1, -0.05) is 11.6 Å². The van der Waals surface area contributed by atoms with Crippen LogP contribution in [-0.2, 0) is 9.63 Å². The van der Waals surface area contributed by atoms with Crippen molar-refractivity contribution in [3.8, 4) is 0 Å². The van der Waals surface area contributed by atoms with Gasteiger partial charge in [0.2, 0.25) is 0 Å². The summed E-state index contributed by atoms with van der Waals surface area (Å²) in [5.41, 5.74) is 0.515. The molecule has 0 saturated carbocycles. The first-order valence-corrected chi connectivity index (χ1v) is 5.03. The molecule has 1 saturated heterocycles. The number of nitrogens with one attached hydrogen (secondary N) is 1. The Labute approximate surface area is 96.9 Å². The van der Waals surface area contributed by atoms with Crippen LogP contribution in [0, 0.1) is 0 Å². The summed E-state index contributed by atoms with van der Waals surface area (Å²) in [7, 11) is 0. The largest absolute Gasteiger partial charge is 0.352 e. The fraction of sp³-hybridized carbons (Fsp3) is 0.200. The zero-order valence-electron chi connectivity index (χ0n) is 8.44. The smallest absolute Gasteiger partial charge is 0.273 e. The molecule has 0 radical (unpaired) electrons. The summed E-state index contributed by atoms with van der Waals surface area (Å²) in [6, 6.07) is 5.92. The van der Waals surface area contributed by atoms with Crippen molar-refractivity contribution in [2.75, 3.05) is 5.06 Å². The molecule has 6 heteroatoms. The molecular weight excluding hydrogens is 232 g/mol. The van der Waals surface area contributed by atoms with E-state index in [0.717, 1.165) is 5.06 Å². The standard InChI is InChI=1S/C10H9ClN2O3/c1-6-9(14)12-10(15)13(16-6)8-4-2-7(11)3-5-8/h2-6H,1H3,(H,12,14,15)/t6-/m1/s1. The Bertz CT molecular complexity index is 432. The highest BCUT2D eigenvalue weighted by molar-refractivity contribution is 6.30. The fourth-order valence-corrected chi connectivity index (χ4v) is 1.39. The lowest BCUT2D eigenvalue weighted by Gasteiger charge is -2.29. The maximum atomic E-state index is 11.5. The monoisotopic (exact) mass is 240 g/mol. The molecule has 1 fully saturated rings. The van der Waals surface area contributed by atoms with E-state index in [2.05, 4.69) is 5.32 Å². The van der Waals surface area contributed by atoms with Crippen molar-refractivity contribution >= 4 is 29.2 Å². The maximum absolute atomic E-state index is 11.5. The number of rotatable bonds is 1. The molecule has 1 atom stereocenters. The van der Waals surface area contributed by atoms with E-state index >= 15 is 0 Å². The molecule has 1 aromatic rings. The van der Waals surface area contributed by atoms with Gasteiger partial charge in [0.1, 0.15) is 0 Å².